The highest BCUT2D eigenvalue weighted by Gasteiger charge is 2.35. The van der Waals surface area contributed by atoms with Crippen LogP contribution in [0, 0.1) is 0 Å². The van der Waals surface area contributed by atoms with Crippen LogP contribution in [0.5, 0.6) is 5.75 Å². The lowest BCUT2D eigenvalue weighted by Crippen LogP contribution is -2.26. The van der Waals surface area contributed by atoms with Crippen LogP contribution in [0.3, 0.4) is 0 Å². The van der Waals surface area contributed by atoms with Crippen molar-refractivity contribution < 1.29 is 9.68 Å². The van der Waals surface area contributed by atoms with E-state index >= 15 is 0 Å². The summed E-state index contributed by atoms with van der Waals surface area (Å²) in [6, 6.07) is 14.5. The van der Waals surface area contributed by atoms with Gasteiger partial charge in [0.2, 0.25) is 0 Å². The van der Waals surface area contributed by atoms with Crippen LogP contribution in [0.4, 0.5) is 0 Å². The molecule has 25 heavy (non-hydrogen) atoms. The molecule has 1 aliphatic rings. The third-order valence-corrected chi connectivity index (χ3v) is 5.32. The Bertz CT molecular complexity index is 1150. The molecular weight excluding hydrogens is 311 g/mol. The maximum Gasteiger partial charge on any atom is 0.569 e. The second-order valence-electron chi connectivity index (χ2n) is 6.96. The van der Waals surface area contributed by atoms with Crippen molar-refractivity contribution in [3.8, 4) is 11.4 Å². The van der Waals surface area contributed by atoms with Gasteiger partial charge in [-0.15, -0.1) is 0 Å². The summed E-state index contributed by atoms with van der Waals surface area (Å²) in [5, 5.41) is 11.3. The van der Waals surface area contributed by atoms with Crippen LogP contribution in [0.2, 0.25) is 0 Å². The Hall–Kier alpha value is -2.79. The van der Waals surface area contributed by atoms with E-state index in [1.54, 1.807) is 0 Å². The zero-order valence-corrected chi connectivity index (χ0v) is 14.0. The molecule has 2 aromatic heterocycles. The van der Waals surface area contributed by atoms with Gasteiger partial charge in [0.15, 0.2) is 0 Å². The van der Waals surface area contributed by atoms with Gasteiger partial charge in [-0.1, -0.05) is 32.0 Å². The maximum atomic E-state index is 9.11. The van der Waals surface area contributed by atoms with Crippen LogP contribution in [0.25, 0.3) is 27.5 Å². The van der Waals surface area contributed by atoms with Crippen LogP contribution in [-0.4, -0.2) is 22.3 Å². The molecule has 0 spiro atoms. The predicted octanol–water partition coefficient (Wildman–Crippen LogP) is 3.72. The molecule has 0 bridgehead atoms. The lowest BCUT2D eigenvalue weighted by Gasteiger charge is -2.34. The summed E-state index contributed by atoms with van der Waals surface area (Å²) in [7, 11) is 0.735. The molecule has 0 atom stereocenters. The highest BCUT2D eigenvalue weighted by atomic mass is 16.5. The molecule has 5 heteroatoms. The number of nitrogens with zero attached hydrogens (tertiary/aromatic N) is 2. The number of benzene rings is 2. The molecule has 0 unspecified atom stereocenters. The first-order valence-corrected chi connectivity index (χ1v) is 8.28. The summed E-state index contributed by atoms with van der Waals surface area (Å²) in [5.41, 5.74) is 5.70. The fourth-order valence-corrected chi connectivity index (χ4v) is 4.16. The summed E-state index contributed by atoms with van der Waals surface area (Å²) >= 11 is 0. The molecule has 0 saturated heterocycles. The summed E-state index contributed by atoms with van der Waals surface area (Å²) in [6.45, 7) is 4.46. The van der Waals surface area contributed by atoms with Gasteiger partial charge in [-0.25, -0.2) is 0 Å². The van der Waals surface area contributed by atoms with Crippen LogP contribution >= 0.6 is 0 Å². The van der Waals surface area contributed by atoms with E-state index in [1.165, 1.54) is 22.3 Å². The van der Waals surface area contributed by atoms with E-state index in [0.29, 0.717) is 5.75 Å². The average Bonchev–Trinajstić information content (AvgIpc) is 2.95. The van der Waals surface area contributed by atoms with E-state index in [4.69, 9.17) is 9.68 Å². The smallest absolute Gasteiger partial charge is 0.537 e. The van der Waals surface area contributed by atoms with Crippen molar-refractivity contribution in [3.63, 3.8) is 0 Å². The van der Waals surface area contributed by atoms with Gasteiger partial charge in [0.1, 0.15) is 5.75 Å². The van der Waals surface area contributed by atoms with Crippen molar-refractivity contribution in [2.45, 2.75) is 19.3 Å². The van der Waals surface area contributed by atoms with Gasteiger partial charge in [0.05, 0.1) is 22.9 Å². The van der Waals surface area contributed by atoms with Crippen molar-refractivity contribution in [3.05, 3.63) is 66.0 Å². The van der Waals surface area contributed by atoms with Gasteiger partial charge < -0.3 is 14.2 Å². The number of pyridine rings is 1. The number of fused-ring (bicyclic) bond motifs is 5. The van der Waals surface area contributed by atoms with Crippen molar-refractivity contribution in [1.29, 1.82) is 0 Å². The minimum absolute atomic E-state index is 0.179. The zero-order valence-electron chi connectivity index (χ0n) is 14.0. The van der Waals surface area contributed by atoms with E-state index in [0.717, 1.165) is 24.0 Å². The highest BCUT2D eigenvalue weighted by molar-refractivity contribution is 6.18. The third kappa shape index (κ3) is 1.79. The molecular formula is C20H16BN2O2. The Morgan fingerprint density at radius 1 is 1.08 bits per heavy atom. The van der Waals surface area contributed by atoms with E-state index in [-0.39, 0.29) is 5.41 Å². The largest absolute Gasteiger partial charge is 0.569 e. The zero-order chi connectivity index (χ0) is 17.2. The summed E-state index contributed by atoms with van der Waals surface area (Å²) in [6.07, 6.45) is 3.72. The molecule has 1 N–H and O–H groups in total. The third-order valence-electron chi connectivity index (χ3n) is 5.32. The van der Waals surface area contributed by atoms with Crippen molar-refractivity contribution in [1.82, 2.24) is 9.55 Å². The first kappa shape index (κ1) is 14.5. The van der Waals surface area contributed by atoms with Crippen LogP contribution in [0.1, 0.15) is 25.0 Å². The van der Waals surface area contributed by atoms with Gasteiger partial charge >= 0.3 is 7.69 Å². The topological polar surface area (TPSA) is 47.3 Å². The summed E-state index contributed by atoms with van der Waals surface area (Å²) in [5.74, 6) is 0.633. The van der Waals surface area contributed by atoms with E-state index in [2.05, 4.69) is 47.7 Å². The standard InChI is InChI=1S/C20H16BN2O2/c1-20(2)15-5-3-4-6-17(15)23-18-11-22-8-7-13(18)14-9-12(25-21-24)10-16(20)19(14)23/h3-11,24H,1-2H3. The Morgan fingerprint density at radius 3 is 2.76 bits per heavy atom. The number of hydrogen-bond donors (Lipinski definition) is 1. The molecule has 4 nitrogen and oxygen atoms in total. The van der Waals surface area contributed by atoms with Gasteiger partial charge in [-0.3, -0.25) is 4.98 Å². The molecule has 0 aliphatic carbocycles. The Labute approximate surface area is 146 Å². The fraction of sp³-hybridized carbons (Fsp3) is 0.150. The van der Waals surface area contributed by atoms with Gasteiger partial charge in [0, 0.05) is 22.4 Å². The summed E-state index contributed by atoms with van der Waals surface area (Å²) in [4.78, 5) is 4.34. The molecule has 3 heterocycles. The number of para-hydroxylation sites is 1. The SMILES string of the molecule is CC1(C)c2ccccc2-n2c3cnccc3c3cc(O[B]O)cc1c32. The first-order valence-electron chi connectivity index (χ1n) is 8.28. The number of hydrogen-bond acceptors (Lipinski definition) is 3. The molecule has 0 fully saturated rings. The minimum atomic E-state index is -0.179. The van der Waals surface area contributed by atoms with E-state index in [1.807, 2.05) is 30.6 Å². The molecule has 1 radical (unpaired) electrons. The Kier molecular flexibility index (Phi) is 2.83. The lowest BCUT2D eigenvalue weighted by molar-refractivity contribution is 0.453. The van der Waals surface area contributed by atoms with E-state index in [9.17, 15) is 0 Å². The molecule has 0 saturated carbocycles. The minimum Gasteiger partial charge on any atom is -0.537 e. The first-order chi connectivity index (χ1) is 12.1. The van der Waals surface area contributed by atoms with Crippen LogP contribution in [0.15, 0.2) is 54.9 Å². The van der Waals surface area contributed by atoms with Crippen LogP contribution in [-0.2, 0) is 5.41 Å². The fourth-order valence-electron chi connectivity index (χ4n) is 4.16. The molecule has 5 rings (SSSR count). The van der Waals surface area contributed by atoms with Crippen LogP contribution < -0.4 is 4.65 Å². The monoisotopic (exact) mass is 327 g/mol. The Balaban J connectivity index is 2.06. The lowest BCUT2D eigenvalue weighted by atomic mass is 9.74. The quantitative estimate of drug-likeness (QED) is 0.571. The molecule has 2 aromatic carbocycles. The molecule has 4 aromatic rings. The molecule has 0 amide bonds. The number of aromatic nitrogens is 2. The molecule has 1 aliphatic heterocycles. The van der Waals surface area contributed by atoms with Crippen molar-refractivity contribution in [2.24, 2.45) is 0 Å². The predicted molar refractivity (Wildman–Crippen MR) is 99.3 cm³/mol. The van der Waals surface area contributed by atoms with Gasteiger partial charge in [-0.2, -0.15) is 0 Å². The summed E-state index contributed by atoms with van der Waals surface area (Å²) < 4.78 is 7.62. The van der Waals surface area contributed by atoms with Gasteiger partial charge in [-0.05, 0) is 35.4 Å². The number of rotatable bonds is 2. The average molecular weight is 327 g/mol. The maximum absolute atomic E-state index is 9.11. The second kappa shape index (κ2) is 4.86. The molecule has 121 valence electrons. The van der Waals surface area contributed by atoms with Gasteiger partial charge in [0.25, 0.3) is 0 Å². The van der Waals surface area contributed by atoms with E-state index < -0.39 is 0 Å². The Morgan fingerprint density at radius 2 is 1.92 bits per heavy atom. The van der Waals surface area contributed by atoms with Crippen molar-refractivity contribution >= 4 is 29.5 Å². The normalized spacial score (nSPS) is 14.5. The second-order valence-corrected chi connectivity index (χ2v) is 6.96. The highest BCUT2D eigenvalue weighted by Crippen LogP contribution is 2.48. The van der Waals surface area contributed by atoms with Crippen molar-refractivity contribution in [2.75, 3.05) is 0 Å².